The number of sulfonamides is 1. The molecule has 1 rings (SSSR count). The number of hydrogen-bond donors (Lipinski definition) is 2. The largest absolute Gasteiger partial charge is 0.350 e. The molecular formula is C11H17N5O5S. The van der Waals surface area contributed by atoms with E-state index in [9.17, 15) is 23.3 Å². The molecule has 0 radical (unpaired) electrons. The number of primary amides is 1. The number of nitrogens with two attached hydrogens (primary N) is 2. The maximum Gasteiger partial charge on any atom is 0.331 e. The number of nitrogens with zero attached hydrogens (tertiary/aromatic N) is 3. The number of nitro benzene ring substituents is 1. The van der Waals surface area contributed by atoms with Crippen LogP contribution in [0, 0.1) is 10.1 Å². The number of non-ortho nitro benzene ring substituents is 1. The number of nitro groups is 1. The lowest BCUT2D eigenvalue weighted by Crippen LogP contribution is -2.54. The van der Waals surface area contributed by atoms with Gasteiger partial charge >= 0.3 is 6.03 Å². The fraction of sp³-hybridized carbons (Fsp3) is 0.364. The zero-order valence-corrected chi connectivity index (χ0v) is 12.7. The second-order valence-electron chi connectivity index (χ2n) is 4.22. The van der Waals surface area contributed by atoms with Crippen LogP contribution in [0.15, 0.2) is 29.2 Å². The van der Waals surface area contributed by atoms with Gasteiger partial charge in [0.05, 0.1) is 16.5 Å². The lowest BCUT2D eigenvalue weighted by atomic mass is 10.3. The second-order valence-corrected chi connectivity index (χ2v) is 6.07. The van der Waals surface area contributed by atoms with Crippen molar-refractivity contribution in [1.29, 1.82) is 0 Å². The van der Waals surface area contributed by atoms with Crippen LogP contribution in [0.5, 0.6) is 0 Å². The third-order valence-electron chi connectivity index (χ3n) is 2.73. The summed E-state index contributed by atoms with van der Waals surface area (Å²) in [5.74, 6) is 0. The lowest BCUT2D eigenvalue weighted by Gasteiger charge is -2.31. The summed E-state index contributed by atoms with van der Waals surface area (Å²) < 4.78 is 25.9. The smallest absolute Gasteiger partial charge is 0.331 e. The maximum atomic E-state index is 12.6. The highest BCUT2D eigenvalue weighted by molar-refractivity contribution is 7.89. The van der Waals surface area contributed by atoms with Gasteiger partial charge in [-0.05, 0) is 18.6 Å². The summed E-state index contributed by atoms with van der Waals surface area (Å²) in [6, 6.07) is 3.29. The minimum Gasteiger partial charge on any atom is -0.350 e. The molecule has 1 aromatic rings. The van der Waals surface area contributed by atoms with E-state index in [0.29, 0.717) is 11.4 Å². The van der Waals surface area contributed by atoms with Crippen LogP contribution in [-0.2, 0) is 10.0 Å². The van der Waals surface area contributed by atoms with Gasteiger partial charge in [-0.1, -0.05) is 6.92 Å². The highest BCUT2D eigenvalue weighted by atomic mass is 32.2. The molecule has 10 nitrogen and oxygen atoms in total. The predicted octanol–water partition coefficient (Wildman–Crippen LogP) is 0.207. The molecule has 0 aromatic heterocycles. The quantitative estimate of drug-likeness (QED) is 0.413. The Bertz CT molecular complexity index is 645. The molecule has 0 saturated carbocycles. The van der Waals surface area contributed by atoms with Crippen LogP contribution >= 0.6 is 0 Å². The summed E-state index contributed by atoms with van der Waals surface area (Å²) in [5, 5.41) is 11.3. The van der Waals surface area contributed by atoms with Crippen LogP contribution in [0.2, 0.25) is 0 Å². The Labute approximate surface area is 127 Å². The summed E-state index contributed by atoms with van der Waals surface area (Å²) in [5.41, 5.74) is 10.3. The summed E-state index contributed by atoms with van der Waals surface area (Å²) in [4.78, 5) is 21.1. The molecule has 0 saturated heterocycles. The third kappa shape index (κ3) is 3.69. The van der Waals surface area contributed by atoms with E-state index in [1.54, 1.807) is 6.92 Å². The molecule has 22 heavy (non-hydrogen) atoms. The highest BCUT2D eigenvalue weighted by Crippen LogP contribution is 2.21. The Balaban J connectivity index is 3.26. The predicted molar refractivity (Wildman–Crippen MR) is 77.8 cm³/mol. The van der Waals surface area contributed by atoms with Gasteiger partial charge in [-0.2, -0.15) is 0 Å². The number of carbonyl (C=O) groups is 1. The van der Waals surface area contributed by atoms with Crippen LogP contribution in [0.1, 0.15) is 13.3 Å². The Hall–Kier alpha value is -2.24. The number of rotatable bonds is 7. The third-order valence-corrected chi connectivity index (χ3v) is 4.54. The first-order valence-electron chi connectivity index (χ1n) is 6.29. The summed E-state index contributed by atoms with van der Waals surface area (Å²) in [7, 11) is -4.11. The molecule has 122 valence electrons. The highest BCUT2D eigenvalue weighted by Gasteiger charge is 2.31. The molecular weight excluding hydrogens is 314 g/mol. The standard InChI is InChI=1S/C11H17N5O5S/c1-2-7-15(14(8-12)11(13)17)22(20,21)10-5-3-9(4-6-10)16(18)19/h3-6H,2,7-8,12H2,1H3,(H2,13,17). The average Bonchev–Trinajstić information content (AvgIpc) is 2.46. The number of benzene rings is 1. The van der Waals surface area contributed by atoms with E-state index in [0.717, 1.165) is 28.7 Å². The van der Waals surface area contributed by atoms with Crippen molar-refractivity contribution in [2.24, 2.45) is 11.5 Å². The zero-order chi connectivity index (χ0) is 16.9. The molecule has 0 spiro atoms. The van der Waals surface area contributed by atoms with Gasteiger partial charge in [-0.25, -0.2) is 18.2 Å². The lowest BCUT2D eigenvalue weighted by molar-refractivity contribution is -0.384. The first-order chi connectivity index (χ1) is 10.3. The van der Waals surface area contributed by atoms with Crippen molar-refractivity contribution >= 4 is 21.7 Å². The zero-order valence-electron chi connectivity index (χ0n) is 11.9. The van der Waals surface area contributed by atoms with Crippen LogP contribution in [0.3, 0.4) is 0 Å². The first kappa shape index (κ1) is 17.8. The van der Waals surface area contributed by atoms with Crippen molar-refractivity contribution in [3.63, 3.8) is 0 Å². The van der Waals surface area contributed by atoms with E-state index in [4.69, 9.17) is 11.5 Å². The minimum absolute atomic E-state index is 0.0144. The first-order valence-corrected chi connectivity index (χ1v) is 7.73. The number of carbonyl (C=O) groups excluding carboxylic acids is 1. The van der Waals surface area contributed by atoms with E-state index >= 15 is 0 Å². The summed E-state index contributed by atoms with van der Waals surface area (Å²) >= 11 is 0. The van der Waals surface area contributed by atoms with Crippen molar-refractivity contribution in [3.8, 4) is 0 Å². The van der Waals surface area contributed by atoms with Crippen molar-refractivity contribution in [2.45, 2.75) is 18.2 Å². The van der Waals surface area contributed by atoms with E-state index in [1.807, 2.05) is 0 Å². The van der Waals surface area contributed by atoms with Crippen LogP contribution < -0.4 is 11.5 Å². The van der Waals surface area contributed by atoms with Crippen molar-refractivity contribution in [3.05, 3.63) is 34.4 Å². The van der Waals surface area contributed by atoms with Gasteiger partial charge in [0, 0.05) is 18.7 Å². The van der Waals surface area contributed by atoms with Gasteiger partial charge in [0.1, 0.15) is 0 Å². The van der Waals surface area contributed by atoms with E-state index in [2.05, 4.69) is 0 Å². The van der Waals surface area contributed by atoms with Gasteiger partial charge in [0.2, 0.25) is 0 Å². The monoisotopic (exact) mass is 331 g/mol. The van der Waals surface area contributed by atoms with E-state index < -0.39 is 27.6 Å². The Morgan fingerprint density at radius 1 is 1.32 bits per heavy atom. The van der Waals surface area contributed by atoms with Gasteiger partial charge in [-0.3, -0.25) is 10.1 Å². The molecule has 0 unspecified atom stereocenters. The molecule has 11 heteroatoms. The van der Waals surface area contributed by atoms with E-state index in [1.165, 1.54) is 0 Å². The van der Waals surface area contributed by atoms with Gasteiger partial charge in [0.25, 0.3) is 15.7 Å². The topological polar surface area (TPSA) is 153 Å². The van der Waals surface area contributed by atoms with Crippen molar-refractivity contribution in [1.82, 2.24) is 9.42 Å². The molecule has 0 aliphatic heterocycles. The molecule has 0 heterocycles. The molecule has 0 aliphatic carbocycles. The number of urea groups is 1. The number of amides is 2. The Morgan fingerprint density at radius 2 is 1.86 bits per heavy atom. The van der Waals surface area contributed by atoms with Gasteiger partial charge < -0.3 is 11.5 Å². The molecule has 0 atom stereocenters. The fourth-order valence-corrected chi connectivity index (χ4v) is 3.27. The average molecular weight is 331 g/mol. The van der Waals surface area contributed by atoms with Crippen LogP contribution in [-0.4, -0.2) is 42.0 Å². The van der Waals surface area contributed by atoms with Crippen molar-refractivity contribution in [2.75, 3.05) is 13.2 Å². The van der Waals surface area contributed by atoms with E-state index in [-0.39, 0.29) is 17.1 Å². The van der Waals surface area contributed by atoms with Crippen molar-refractivity contribution < 1.29 is 18.1 Å². The summed E-state index contributed by atoms with van der Waals surface area (Å²) in [6.07, 6.45) is 0.413. The second kappa shape index (κ2) is 7.15. The fourth-order valence-electron chi connectivity index (χ4n) is 1.71. The summed E-state index contributed by atoms with van der Waals surface area (Å²) in [6.45, 7) is 1.29. The Kier molecular flexibility index (Phi) is 5.79. The van der Waals surface area contributed by atoms with Crippen LogP contribution in [0.4, 0.5) is 10.5 Å². The number of hydrogen-bond acceptors (Lipinski definition) is 6. The molecule has 0 bridgehead atoms. The molecule has 1 aromatic carbocycles. The maximum absolute atomic E-state index is 12.6. The molecule has 0 fully saturated rings. The minimum atomic E-state index is -4.11. The Morgan fingerprint density at radius 3 is 2.23 bits per heavy atom. The van der Waals surface area contributed by atoms with Gasteiger partial charge in [0.15, 0.2) is 0 Å². The normalized spacial score (nSPS) is 11.4. The van der Waals surface area contributed by atoms with Crippen LogP contribution in [0.25, 0.3) is 0 Å². The number of hydrazine groups is 1. The molecule has 2 amide bonds. The SMILES string of the molecule is CCCN(N(CN)C(N)=O)S(=O)(=O)c1ccc([N+](=O)[O-])cc1. The van der Waals surface area contributed by atoms with Gasteiger partial charge in [-0.15, -0.1) is 4.41 Å². The molecule has 0 aliphatic rings. The molecule has 4 N–H and O–H groups in total.